The minimum absolute atomic E-state index is 0.100. The van der Waals surface area contributed by atoms with Gasteiger partial charge in [0.1, 0.15) is 17.2 Å². The lowest BCUT2D eigenvalue weighted by atomic mass is 10.2. The van der Waals surface area contributed by atoms with Crippen LogP contribution < -0.4 is 9.47 Å². The molecule has 9 heteroatoms. The number of sulfone groups is 1. The van der Waals surface area contributed by atoms with Gasteiger partial charge in [-0.1, -0.05) is 0 Å². The topological polar surface area (TPSA) is 61.8 Å². The van der Waals surface area contributed by atoms with Crippen LogP contribution in [0, 0.1) is 0 Å². The number of hydrogen-bond acceptors (Lipinski definition) is 5. The Hall–Kier alpha value is -2.52. The largest absolute Gasteiger partial charge is 0.573 e. The molecular formula is C19H17F3O5S. The van der Waals surface area contributed by atoms with Gasteiger partial charge in [-0.2, -0.15) is 0 Å². The third kappa shape index (κ3) is 5.74. The van der Waals surface area contributed by atoms with E-state index in [4.69, 9.17) is 9.47 Å². The van der Waals surface area contributed by atoms with Crippen molar-refractivity contribution in [1.29, 1.82) is 0 Å². The molecule has 0 bridgehead atoms. The third-order valence-electron chi connectivity index (χ3n) is 3.88. The van der Waals surface area contributed by atoms with E-state index >= 15 is 0 Å². The van der Waals surface area contributed by atoms with E-state index in [0.29, 0.717) is 12.4 Å². The Balaban J connectivity index is 1.64. The maximum absolute atomic E-state index is 12.3. The maximum Gasteiger partial charge on any atom is 0.573 e. The highest BCUT2D eigenvalue weighted by Crippen LogP contribution is 2.28. The molecule has 0 amide bonds. The maximum atomic E-state index is 12.3. The van der Waals surface area contributed by atoms with Crippen molar-refractivity contribution < 1.29 is 35.8 Å². The van der Waals surface area contributed by atoms with Crippen LogP contribution in [0.5, 0.6) is 17.2 Å². The first-order chi connectivity index (χ1) is 13.2. The highest BCUT2D eigenvalue weighted by Gasteiger charge is 2.31. The van der Waals surface area contributed by atoms with Gasteiger partial charge in [0.15, 0.2) is 9.84 Å². The molecule has 1 aliphatic heterocycles. The summed E-state index contributed by atoms with van der Waals surface area (Å²) in [4.78, 5) is 0.100. The van der Waals surface area contributed by atoms with Crippen LogP contribution in [0.2, 0.25) is 0 Å². The minimum atomic E-state index is -4.76. The monoisotopic (exact) mass is 414 g/mol. The van der Waals surface area contributed by atoms with E-state index in [-0.39, 0.29) is 22.5 Å². The Morgan fingerprint density at radius 2 is 1.54 bits per heavy atom. The molecule has 0 N–H and O–H groups in total. The fourth-order valence-corrected chi connectivity index (χ4v) is 3.62. The van der Waals surface area contributed by atoms with Gasteiger partial charge in [0.25, 0.3) is 0 Å². The fraction of sp³-hybridized carbons (Fsp3) is 0.263. The zero-order valence-corrected chi connectivity index (χ0v) is 15.4. The first-order valence-corrected chi connectivity index (χ1v) is 9.94. The van der Waals surface area contributed by atoms with Crippen molar-refractivity contribution in [3.8, 4) is 17.2 Å². The molecule has 0 aliphatic carbocycles. The van der Waals surface area contributed by atoms with Crippen molar-refractivity contribution in [3.05, 3.63) is 60.0 Å². The van der Waals surface area contributed by atoms with Gasteiger partial charge >= 0.3 is 6.36 Å². The van der Waals surface area contributed by atoms with Crippen molar-refractivity contribution in [2.45, 2.75) is 30.2 Å². The first-order valence-electron chi connectivity index (χ1n) is 8.40. The minimum Gasteiger partial charge on any atom is -0.457 e. The standard InChI is InChI=1S/C19H17F3O5S/c20-19(21,22)27-17-5-3-15(4-6-17)26-16-7-9-18(10-8-16)28(23,24)13-11-14-2-1-12-25-14/h3-11,13-14H,1-2,12H2/b13-11+/t14-/m1/s1. The van der Waals surface area contributed by atoms with E-state index in [9.17, 15) is 21.6 Å². The summed E-state index contributed by atoms with van der Waals surface area (Å²) in [5, 5.41) is 1.14. The molecule has 3 rings (SSSR count). The van der Waals surface area contributed by atoms with Crippen LogP contribution in [0.3, 0.4) is 0 Å². The number of rotatable bonds is 6. The molecular weight excluding hydrogens is 397 g/mol. The molecule has 0 saturated carbocycles. The molecule has 2 aromatic carbocycles. The van der Waals surface area contributed by atoms with Crippen LogP contribution in [-0.4, -0.2) is 27.5 Å². The summed E-state index contributed by atoms with van der Waals surface area (Å²) < 4.78 is 75.7. The average Bonchev–Trinajstić information content (AvgIpc) is 3.15. The van der Waals surface area contributed by atoms with Crippen molar-refractivity contribution in [1.82, 2.24) is 0 Å². The molecule has 2 aromatic rings. The number of benzene rings is 2. The molecule has 0 aromatic heterocycles. The van der Waals surface area contributed by atoms with Crippen LogP contribution in [0.15, 0.2) is 64.9 Å². The van der Waals surface area contributed by atoms with Gasteiger partial charge in [-0.05, 0) is 67.4 Å². The smallest absolute Gasteiger partial charge is 0.457 e. The predicted molar refractivity (Wildman–Crippen MR) is 94.9 cm³/mol. The lowest BCUT2D eigenvalue weighted by molar-refractivity contribution is -0.274. The van der Waals surface area contributed by atoms with Gasteiger partial charge in [-0.15, -0.1) is 13.2 Å². The molecule has 1 aliphatic rings. The van der Waals surface area contributed by atoms with E-state index in [1.165, 1.54) is 42.5 Å². The first kappa shape index (κ1) is 20.2. The van der Waals surface area contributed by atoms with Crippen LogP contribution in [0.25, 0.3) is 0 Å². The van der Waals surface area contributed by atoms with E-state index < -0.39 is 16.2 Å². The third-order valence-corrected chi connectivity index (χ3v) is 5.33. The van der Waals surface area contributed by atoms with Gasteiger partial charge in [0.2, 0.25) is 0 Å². The second kappa shape index (κ2) is 8.24. The lowest BCUT2D eigenvalue weighted by Crippen LogP contribution is -2.16. The molecule has 1 saturated heterocycles. The predicted octanol–water partition coefficient (Wildman–Crippen LogP) is 4.84. The van der Waals surface area contributed by atoms with E-state index in [1.807, 2.05) is 0 Å². The van der Waals surface area contributed by atoms with Gasteiger partial charge in [0, 0.05) is 12.0 Å². The number of alkyl halides is 3. The Morgan fingerprint density at radius 1 is 0.964 bits per heavy atom. The summed E-state index contributed by atoms with van der Waals surface area (Å²) in [7, 11) is -3.60. The summed E-state index contributed by atoms with van der Waals surface area (Å²) in [6, 6.07) is 10.6. The second-order valence-corrected chi connectivity index (χ2v) is 7.85. The average molecular weight is 414 g/mol. The Morgan fingerprint density at radius 3 is 2.07 bits per heavy atom. The van der Waals surface area contributed by atoms with Crippen LogP contribution in [0.4, 0.5) is 13.2 Å². The summed E-state index contributed by atoms with van der Waals surface area (Å²) in [6.45, 7) is 0.629. The molecule has 5 nitrogen and oxygen atoms in total. The summed E-state index contributed by atoms with van der Waals surface area (Å²) >= 11 is 0. The quantitative estimate of drug-likeness (QED) is 0.677. The Bertz CT molecular complexity index is 914. The van der Waals surface area contributed by atoms with Crippen molar-refractivity contribution in [3.63, 3.8) is 0 Å². The normalized spacial score (nSPS) is 17.8. The summed E-state index contributed by atoms with van der Waals surface area (Å²) in [6.07, 6.45) is -1.70. The van der Waals surface area contributed by atoms with Crippen molar-refractivity contribution in [2.75, 3.05) is 6.61 Å². The van der Waals surface area contributed by atoms with Gasteiger partial charge < -0.3 is 14.2 Å². The molecule has 0 spiro atoms. The van der Waals surface area contributed by atoms with Crippen LogP contribution in [-0.2, 0) is 14.6 Å². The second-order valence-electron chi connectivity index (χ2n) is 6.02. The zero-order valence-electron chi connectivity index (χ0n) is 14.6. The highest BCUT2D eigenvalue weighted by molar-refractivity contribution is 7.94. The van der Waals surface area contributed by atoms with Crippen molar-refractivity contribution in [2.24, 2.45) is 0 Å². The molecule has 28 heavy (non-hydrogen) atoms. The van der Waals surface area contributed by atoms with Crippen LogP contribution >= 0.6 is 0 Å². The molecule has 1 atom stereocenters. The molecule has 0 unspecified atom stereocenters. The van der Waals surface area contributed by atoms with Gasteiger partial charge in [-0.3, -0.25) is 0 Å². The van der Waals surface area contributed by atoms with Gasteiger partial charge in [0.05, 0.1) is 11.0 Å². The van der Waals surface area contributed by atoms with Crippen molar-refractivity contribution >= 4 is 9.84 Å². The number of halogens is 3. The molecule has 150 valence electrons. The Kier molecular flexibility index (Phi) is 5.95. The van der Waals surface area contributed by atoms with E-state index in [0.717, 1.165) is 30.4 Å². The molecule has 1 heterocycles. The van der Waals surface area contributed by atoms with E-state index in [1.54, 1.807) is 0 Å². The number of ether oxygens (including phenoxy) is 3. The summed E-state index contributed by atoms with van der Waals surface area (Å²) in [5.41, 5.74) is 0. The zero-order chi connectivity index (χ0) is 20.2. The van der Waals surface area contributed by atoms with Gasteiger partial charge in [-0.25, -0.2) is 8.42 Å². The van der Waals surface area contributed by atoms with Crippen LogP contribution in [0.1, 0.15) is 12.8 Å². The number of hydrogen-bond donors (Lipinski definition) is 0. The van der Waals surface area contributed by atoms with E-state index in [2.05, 4.69) is 4.74 Å². The Labute approximate surface area is 160 Å². The highest BCUT2D eigenvalue weighted by atomic mass is 32.2. The lowest BCUT2D eigenvalue weighted by Gasteiger charge is -2.10. The molecule has 1 fully saturated rings. The summed E-state index contributed by atoms with van der Waals surface area (Å²) in [5.74, 6) is 0.259. The fourth-order valence-electron chi connectivity index (χ4n) is 2.57. The molecule has 0 radical (unpaired) electrons. The SMILES string of the molecule is O=S(=O)(/C=C/[C@H]1CCCO1)c1ccc(Oc2ccc(OC(F)(F)F)cc2)cc1.